The summed E-state index contributed by atoms with van der Waals surface area (Å²) in [6.45, 7) is 8.08. The third-order valence-electron chi connectivity index (χ3n) is 2.22. The molecule has 1 unspecified atom stereocenters. The largest absolute Gasteiger partial charge is 0.469 e. The van der Waals surface area contributed by atoms with Gasteiger partial charge in [0.05, 0.1) is 12.4 Å². The van der Waals surface area contributed by atoms with Gasteiger partial charge in [0.15, 0.2) is 0 Å². The molecule has 2 heteroatoms. The fourth-order valence-corrected chi connectivity index (χ4v) is 1.35. The SMILES string of the molecule is CCc1occc1C(O)C(C)(C)C. The summed E-state index contributed by atoms with van der Waals surface area (Å²) in [4.78, 5) is 0. The van der Waals surface area contributed by atoms with Gasteiger partial charge in [-0.25, -0.2) is 0 Å². The van der Waals surface area contributed by atoms with Crippen LogP contribution in [0.15, 0.2) is 16.7 Å². The van der Waals surface area contributed by atoms with E-state index >= 15 is 0 Å². The molecule has 0 amide bonds. The van der Waals surface area contributed by atoms with Crippen LogP contribution in [0, 0.1) is 5.41 Å². The fourth-order valence-electron chi connectivity index (χ4n) is 1.35. The Morgan fingerprint density at radius 3 is 2.54 bits per heavy atom. The molecular formula is C11H18O2. The first-order valence-corrected chi connectivity index (χ1v) is 4.71. The van der Waals surface area contributed by atoms with Crippen LogP contribution in [0.25, 0.3) is 0 Å². The van der Waals surface area contributed by atoms with Crippen molar-refractivity contribution in [2.75, 3.05) is 0 Å². The van der Waals surface area contributed by atoms with E-state index in [4.69, 9.17) is 4.42 Å². The molecule has 0 saturated carbocycles. The lowest BCUT2D eigenvalue weighted by Crippen LogP contribution is -2.18. The van der Waals surface area contributed by atoms with Gasteiger partial charge in [-0.1, -0.05) is 27.7 Å². The van der Waals surface area contributed by atoms with Gasteiger partial charge >= 0.3 is 0 Å². The zero-order chi connectivity index (χ0) is 10.1. The summed E-state index contributed by atoms with van der Waals surface area (Å²) >= 11 is 0. The predicted octanol–water partition coefficient (Wildman–Crippen LogP) is 2.92. The Balaban J connectivity index is 2.94. The summed E-state index contributed by atoms with van der Waals surface area (Å²) in [7, 11) is 0. The summed E-state index contributed by atoms with van der Waals surface area (Å²) < 4.78 is 5.27. The number of furan rings is 1. The molecule has 0 spiro atoms. The lowest BCUT2D eigenvalue weighted by atomic mass is 9.84. The van der Waals surface area contributed by atoms with Crippen molar-refractivity contribution in [3.05, 3.63) is 23.7 Å². The minimum atomic E-state index is -0.443. The summed E-state index contributed by atoms with van der Waals surface area (Å²) in [5.41, 5.74) is 0.795. The maximum atomic E-state index is 10.00. The lowest BCUT2D eigenvalue weighted by Gasteiger charge is -2.25. The van der Waals surface area contributed by atoms with E-state index in [0.717, 1.165) is 17.7 Å². The van der Waals surface area contributed by atoms with E-state index in [0.29, 0.717) is 0 Å². The molecule has 0 saturated heterocycles. The van der Waals surface area contributed by atoms with E-state index in [1.165, 1.54) is 0 Å². The van der Waals surface area contributed by atoms with Crippen molar-refractivity contribution >= 4 is 0 Å². The molecule has 1 N–H and O–H groups in total. The first-order chi connectivity index (χ1) is 5.96. The van der Waals surface area contributed by atoms with Crippen LogP contribution in [-0.4, -0.2) is 5.11 Å². The number of aliphatic hydroxyl groups excluding tert-OH is 1. The van der Waals surface area contributed by atoms with Crippen molar-refractivity contribution in [1.29, 1.82) is 0 Å². The maximum Gasteiger partial charge on any atom is 0.109 e. The Morgan fingerprint density at radius 2 is 2.08 bits per heavy atom. The highest BCUT2D eigenvalue weighted by atomic mass is 16.3. The van der Waals surface area contributed by atoms with Gasteiger partial charge in [-0.05, 0) is 11.5 Å². The van der Waals surface area contributed by atoms with Crippen LogP contribution in [0.5, 0.6) is 0 Å². The van der Waals surface area contributed by atoms with Gasteiger partial charge in [0.1, 0.15) is 5.76 Å². The Morgan fingerprint density at radius 1 is 1.46 bits per heavy atom. The normalized spacial score (nSPS) is 14.5. The van der Waals surface area contributed by atoms with Crippen LogP contribution in [0.3, 0.4) is 0 Å². The second kappa shape index (κ2) is 3.54. The molecular weight excluding hydrogens is 164 g/mol. The van der Waals surface area contributed by atoms with Crippen molar-refractivity contribution < 1.29 is 9.52 Å². The molecule has 13 heavy (non-hydrogen) atoms. The average Bonchev–Trinajstić information content (AvgIpc) is 2.48. The van der Waals surface area contributed by atoms with Crippen LogP contribution in [0.1, 0.15) is 45.1 Å². The first-order valence-electron chi connectivity index (χ1n) is 4.71. The predicted molar refractivity (Wildman–Crippen MR) is 52.5 cm³/mol. The summed E-state index contributed by atoms with van der Waals surface area (Å²) in [5, 5.41) is 10.00. The lowest BCUT2D eigenvalue weighted by molar-refractivity contribution is 0.0611. The Kier molecular flexibility index (Phi) is 2.81. The first kappa shape index (κ1) is 10.3. The molecule has 2 nitrogen and oxygen atoms in total. The second-order valence-electron chi connectivity index (χ2n) is 4.42. The minimum absolute atomic E-state index is 0.131. The van der Waals surface area contributed by atoms with Crippen LogP contribution in [0.4, 0.5) is 0 Å². The molecule has 1 atom stereocenters. The van der Waals surface area contributed by atoms with Crippen LogP contribution in [-0.2, 0) is 6.42 Å². The van der Waals surface area contributed by atoms with Crippen molar-refractivity contribution in [2.24, 2.45) is 5.41 Å². The fraction of sp³-hybridized carbons (Fsp3) is 0.636. The van der Waals surface area contributed by atoms with Gasteiger partial charge in [-0.3, -0.25) is 0 Å². The van der Waals surface area contributed by atoms with Gasteiger partial charge in [-0.15, -0.1) is 0 Å². The molecule has 74 valence electrons. The molecule has 0 aliphatic rings. The third kappa shape index (κ3) is 2.13. The molecule has 1 aromatic rings. The van der Waals surface area contributed by atoms with Gasteiger partial charge in [0.25, 0.3) is 0 Å². The maximum absolute atomic E-state index is 10.00. The summed E-state index contributed by atoms with van der Waals surface area (Å²) in [6.07, 6.45) is 2.03. The van der Waals surface area contributed by atoms with E-state index in [1.54, 1.807) is 6.26 Å². The van der Waals surface area contributed by atoms with Crippen molar-refractivity contribution in [3.8, 4) is 0 Å². The average molecular weight is 182 g/mol. The van der Waals surface area contributed by atoms with E-state index in [9.17, 15) is 5.11 Å². The summed E-state index contributed by atoms with van der Waals surface area (Å²) in [5.74, 6) is 0.891. The van der Waals surface area contributed by atoms with Crippen molar-refractivity contribution in [2.45, 2.75) is 40.2 Å². The number of hydrogen-bond acceptors (Lipinski definition) is 2. The van der Waals surface area contributed by atoms with E-state index in [1.807, 2.05) is 33.8 Å². The Labute approximate surface area is 79.6 Å². The van der Waals surface area contributed by atoms with E-state index in [2.05, 4.69) is 0 Å². The Hall–Kier alpha value is -0.760. The zero-order valence-electron chi connectivity index (χ0n) is 8.79. The molecule has 0 bridgehead atoms. The highest BCUT2D eigenvalue weighted by Gasteiger charge is 2.26. The smallest absolute Gasteiger partial charge is 0.109 e. The number of hydrogen-bond donors (Lipinski definition) is 1. The topological polar surface area (TPSA) is 33.4 Å². The number of aryl methyl sites for hydroxylation is 1. The second-order valence-corrected chi connectivity index (χ2v) is 4.42. The number of aliphatic hydroxyl groups is 1. The van der Waals surface area contributed by atoms with Gasteiger partial charge in [0.2, 0.25) is 0 Å². The zero-order valence-corrected chi connectivity index (χ0v) is 8.79. The van der Waals surface area contributed by atoms with Crippen molar-refractivity contribution in [3.63, 3.8) is 0 Å². The quantitative estimate of drug-likeness (QED) is 0.762. The molecule has 0 aromatic carbocycles. The van der Waals surface area contributed by atoms with Gasteiger partial charge in [0, 0.05) is 12.0 Å². The van der Waals surface area contributed by atoms with Crippen LogP contribution in [0.2, 0.25) is 0 Å². The van der Waals surface area contributed by atoms with Crippen LogP contribution >= 0.6 is 0 Å². The molecule has 0 radical (unpaired) electrons. The van der Waals surface area contributed by atoms with E-state index in [-0.39, 0.29) is 5.41 Å². The standard InChI is InChI=1S/C11H18O2/c1-5-9-8(6-7-13-9)10(12)11(2,3)4/h6-7,10,12H,5H2,1-4H3. The molecule has 0 fully saturated rings. The minimum Gasteiger partial charge on any atom is -0.469 e. The monoisotopic (exact) mass is 182 g/mol. The third-order valence-corrected chi connectivity index (χ3v) is 2.22. The van der Waals surface area contributed by atoms with Gasteiger partial charge < -0.3 is 9.52 Å². The molecule has 0 aliphatic carbocycles. The highest BCUT2D eigenvalue weighted by molar-refractivity contribution is 5.21. The number of rotatable bonds is 2. The van der Waals surface area contributed by atoms with Crippen molar-refractivity contribution in [1.82, 2.24) is 0 Å². The summed E-state index contributed by atoms with van der Waals surface area (Å²) in [6, 6.07) is 1.86. The molecule has 1 rings (SSSR count). The van der Waals surface area contributed by atoms with Crippen LogP contribution < -0.4 is 0 Å². The van der Waals surface area contributed by atoms with E-state index < -0.39 is 6.10 Å². The van der Waals surface area contributed by atoms with Gasteiger partial charge in [-0.2, -0.15) is 0 Å². The Bertz CT molecular complexity index is 268. The molecule has 1 heterocycles. The molecule has 1 aromatic heterocycles. The molecule has 0 aliphatic heterocycles. The highest BCUT2D eigenvalue weighted by Crippen LogP contribution is 2.34.